The molecule has 1 saturated heterocycles. The summed E-state index contributed by atoms with van der Waals surface area (Å²) in [6, 6.07) is 0. The maximum absolute atomic E-state index is 12.1. The standard InChI is InChI=1S/C4H4F2O4/c5-4(6)1(7)2(8)10-3(4)9/h1-2,7-8H. The second-order valence-electron chi connectivity index (χ2n) is 1.86. The molecule has 1 aliphatic heterocycles. The lowest BCUT2D eigenvalue weighted by Gasteiger charge is -2.07. The molecular weight excluding hydrogens is 150 g/mol. The third kappa shape index (κ3) is 0.764. The molecule has 1 aliphatic rings. The minimum absolute atomic E-state index is 1.90. The Morgan fingerprint density at radius 2 is 2.00 bits per heavy atom. The van der Waals surface area contributed by atoms with E-state index in [2.05, 4.69) is 4.74 Å². The largest absolute Gasteiger partial charge is 0.428 e. The van der Waals surface area contributed by atoms with Gasteiger partial charge in [-0.1, -0.05) is 0 Å². The number of aliphatic hydroxyl groups excluding tert-OH is 2. The number of esters is 1. The summed E-state index contributed by atoms with van der Waals surface area (Å²) in [5.74, 6) is -5.87. The van der Waals surface area contributed by atoms with Crippen LogP contribution in [0.3, 0.4) is 0 Å². The molecule has 0 aromatic rings. The Labute approximate surface area is 54.0 Å². The van der Waals surface area contributed by atoms with Crippen LogP contribution in [0.2, 0.25) is 0 Å². The normalized spacial score (nSPS) is 37.8. The van der Waals surface area contributed by atoms with Crippen LogP contribution >= 0.6 is 0 Å². The number of halogens is 2. The zero-order valence-electron chi connectivity index (χ0n) is 4.62. The second kappa shape index (κ2) is 1.86. The monoisotopic (exact) mass is 154 g/mol. The third-order valence-electron chi connectivity index (χ3n) is 1.14. The highest BCUT2D eigenvalue weighted by atomic mass is 19.3. The molecule has 58 valence electrons. The van der Waals surface area contributed by atoms with E-state index >= 15 is 0 Å². The Bertz CT molecular complexity index is 169. The van der Waals surface area contributed by atoms with Crippen molar-refractivity contribution >= 4 is 5.97 Å². The lowest BCUT2D eigenvalue weighted by atomic mass is 10.2. The molecule has 0 aliphatic carbocycles. The first kappa shape index (κ1) is 7.36. The molecule has 10 heavy (non-hydrogen) atoms. The summed E-state index contributed by atoms with van der Waals surface area (Å²) >= 11 is 0. The highest BCUT2D eigenvalue weighted by Crippen LogP contribution is 2.29. The van der Waals surface area contributed by atoms with Gasteiger partial charge in [-0.25, -0.2) is 4.79 Å². The van der Waals surface area contributed by atoms with Crippen molar-refractivity contribution in [2.45, 2.75) is 18.3 Å². The van der Waals surface area contributed by atoms with Crippen molar-refractivity contribution in [2.24, 2.45) is 0 Å². The van der Waals surface area contributed by atoms with Crippen molar-refractivity contribution in [1.29, 1.82) is 0 Å². The van der Waals surface area contributed by atoms with E-state index in [1.54, 1.807) is 0 Å². The molecular formula is C4H4F2O4. The Kier molecular flexibility index (Phi) is 1.37. The molecule has 4 nitrogen and oxygen atoms in total. The van der Waals surface area contributed by atoms with Gasteiger partial charge in [0.05, 0.1) is 0 Å². The van der Waals surface area contributed by atoms with Gasteiger partial charge in [-0.05, 0) is 0 Å². The first-order valence-electron chi connectivity index (χ1n) is 2.41. The van der Waals surface area contributed by atoms with Gasteiger partial charge >= 0.3 is 11.9 Å². The van der Waals surface area contributed by atoms with Gasteiger partial charge in [0.25, 0.3) is 0 Å². The van der Waals surface area contributed by atoms with E-state index in [0.29, 0.717) is 0 Å². The average molecular weight is 154 g/mol. The van der Waals surface area contributed by atoms with Crippen molar-refractivity contribution in [3.8, 4) is 0 Å². The van der Waals surface area contributed by atoms with Gasteiger partial charge in [0.15, 0.2) is 6.10 Å². The van der Waals surface area contributed by atoms with Crippen molar-refractivity contribution in [3.05, 3.63) is 0 Å². The Morgan fingerprint density at radius 1 is 1.50 bits per heavy atom. The lowest BCUT2D eigenvalue weighted by molar-refractivity contribution is -0.165. The molecule has 0 aromatic carbocycles. The Balaban J connectivity index is 2.85. The molecule has 6 heteroatoms. The lowest BCUT2D eigenvalue weighted by Crippen LogP contribution is -2.37. The maximum Gasteiger partial charge on any atom is 0.382 e. The summed E-state index contributed by atoms with van der Waals surface area (Å²) in [4.78, 5) is 10.0. The predicted octanol–water partition coefficient (Wildman–Crippen LogP) is -1.14. The molecule has 1 rings (SSSR count). The first-order valence-corrected chi connectivity index (χ1v) is 2.41. The van der Waals surface area contributed by atoms with E-state index in [4.69, 9.17) is 10.2 Å². The van der Waals surface area contributed by atoms with Gasteiger partial charge in [-0.15, -0.1) is 0 Å². The first-order chi connectivity index (χ1) is 4.46. The van der Waals surface area contributed by atoms with Crippen LogP contribution in [0.1, 0.15) is 0 Å². The molecule has 0 radical (unpaired) electrons. The van der Waals surface area contributed by atoms with Gasteiger partial charge in [-0.2, -0.15) is 8.78 Å². The molecule has 0 saturated carbocycles. The van der Waals surface area contributed by atoms with E-state index < -0.39 is 24.3 Å². The molecule has 2 atom stereocenters. The summed E-state index contributed by atoms with van der Waals surface area (Å²) in [5, 5.41) is 16.7. The maximum atomic E-state index is 12.1. The average Bonchev–Trinajstić information content (AvgIpc) is 1.97. The number of cyclic esters (lactones) is 1. The number of carbonyl (C=O) groups excluding carboxylic acids is 1. The minimum atomic E-state index is -3.97. The van der Waals surface area contributed by atoms with Gasteiger partial charge in [0.1, 0.15) is 0 Å². The summed E-state index contributed by atoms with van der Waals surface area (Å²) in [6.45, 7) is 0. The second-order valence-corrected chi connectivity index (χ2v) is 1.86. The quantitative estimate of drug-likeness (QED) is 0.433. The van der Waals surface area contributed by atoms with Crippen LogP contribution in [-0.2, 0) is 9.53 Å². The fourth-order valence-corrected chi connectivity index (χ4v) is 0.552. The van der Waals surface area contributed by atoms with E-state index in [0.717, 1.165) is 0 Å². The number of rotatable bonds is 0. The summed E-state index contributed by atoms with van der Waals surface area (Å²) in [6.07, 6.45) is -4.55. The van der Waals surface area contributed by atoms with Crippen molar-refractivity contribution in [3.63, 3.8) is 0 Å². The fourth-order valence-electron chi connectivity index (χ4n) is 0.552. The third-order valence-corrected chi connectivity index (χ3v) is 1.14. The molecule has 0 spiro atoms. The molecule has 0 aromatic heterocycles. The van der Waals surface area contributed by atoms with Gasteiger partial charge in [0, 0.05) is 0 Å². The van der Waals surface area contributed by atoms with E-state index in [-0.39, 0.29) is 0 Å². The molecule has 1 heterocycles. The fraction of sp³-hybridized carbons (Fsp3) is 0.750. The van der Waals surface area contributed by atoms with Crippen molar-refractivity contribution in [1.82, 2.24) is 0 Å². The highest BCUT2D eigenvalue weighted by molar-refractivity contribution is 5.80. The number of aliphatic hydroxyl groups is 2. The minimum Gasteiger partial charge on any atom is -0.428 e. The smallest absolute Gasteiger partial charge is 0.382 e. The van der Waals surface area contributed by atoms with Crippen LogP contribution in [0.25, 0.3) is 0 Å². The summed E-state index contributed by atoms with van der Waals surface area (Å²) < 4.78 is 27.8. The van der Waals surface area contributed by atoms with E-state index in [1.165, 1.54) is 0 Å². The zero-order valence-corrected chi connectivity index (χ0v) is 4.62. The Hall–Kier alpha value is -0.750. The van der Waals surface area contributed by atoms with Crippen LogP contribution in [0.4, 0.5) is 8.78 Å². The van der Waals surface area contributed by atoms with Gasteiger partial charge < -0.3 is 14.9 Å². The molecule has 0 amide bonds. The number of carbonyl (C=O) groups is 1. The van der Waals surface area contributed by atoms with Crippen LogP contribution < -0.4 is 0 Å². The summed E-state index contributed by atoms with van der Waals surface area (Å²) in [7, 11) is 0. The van der Waals surface area contributed by atoms with Crippen molar-refractivity contribution < 1.29 is 28.5 Å². The number of hydrogen-bond donors (Lipinski definition) is 2. The van der Waals surface area contributed by atoms with E-state index in [9.17, 15) is 13.6 Å². The summed E-state index contributed by atoms with van der Waals surface area (Å²) in [5.41, 5.74) is 0. The number of hydrogen-bond acceptors (Lipinski definition) is 4. The highest BCUT2D eigenvalue weighted by Gasteiger charge is 2.59. The topological polar surface area (TPSA) is 66.8 Å². The van der Waals surface area contributed by atoms with Crippen LogP contribution in [0, 0.1) is 0 Å². The van der Waals surface area contributed by atoms with Gasteiger partial charge in [0.2, 0.25) is 6.29 Å². The van der Waals surface area contributed by atoms with Crippen LogP contribution in [0.15, 0.2) is 0 Å². The predicted molar refractivity (Wildman–Crippen MR) is 23.1 cm³/mol. The molecule has 1 fully saturated rings. The number of alkyl halides is 2. The molecule has 2 N–H and O–H groups in total. The van der Waals surface area contributed by atoms with Gasteiger partial charge in [-0.3, -0.25) is 0 Å². The number of ether oxygens (including phenoxy) is 1. The van der Waals surface area contributed by atoms with E-state index in [1.807, 2.05) is 0 Å². The van der Waals surface area contributed by atoms with Crippen LogP contribution in [0.5, 0.6) is 0 Å². The molecule has 2 unspecified atom stereocenters. The zero-order chi connectivity index (χ0) is 7.94. The SMILES string of the molecule is O=C1OC(O)C(O)C1(F)F. The molecule has 0 bridgehead atoms. The van der Waals surface area contributed by atoms with Crippen molar-refractivity contribution in [2.75, 3.05) is 0 Å². The van der Waals surface area contributed by atoms with Crippen LogP contribution in [-0.4, -0.2) is 34.5 Å². The Morgan fingerprint density at radius 3 is 2.10 bits per heavy atom.